The molecule has 0 aromatic carbocycles. The number of unbranched alkanes of at least 4 members (excludes halogenated alkanes) is 4. The topological polar surface area (TPSA) is 93.1 Å². The third-order valence-electron chi connectivity index (χ3n) is 2.89. The Labute approximate surface area is 126 Å². The van der Waals surface area contributed by atoms with E-state index in [1.165, 1.54) is 0 Å². The van der Waals surface area contributed by atoms with E-state index in [4.69, 9.17) is 19.7 Å². The second-order valence-corrected chi connectivity index (χ2v) is 4.86. The van der Waals surface area contributed by atoms with Crippen LogP contribution in [0, 0.1) is 0 Å². The fraction of sp³-hybridized carbons (Fsp3) is 0.867. The minimum Gasteiger partial charge on any atom is -0.466 e. The van der Waals surface area contributed by atoms with E-state index < -0.39 is 0 Å². The van der Waals surface area contributed by atoms with Gasteiger partial charge in [-0.05, 0) is 12.8 Å². The Bertz CT molecular complexity index is 241. The van der Waals surface area contributed by atoms with Gasteiger partial charge in [-0.25, -0.2) is 0 Å². The molecule has 0 saturated heterocycles. The average molecular weight is 304 g/mol. The third-order valence-corrected chi connectivity index (χ3v) is 2.89. The summed E-state index contributed by atoms with van der Waals surface area (Å²) in [5.41, 5.74) is 0. The molecule has 0 spiro atoms. The molecule has 0 rings (SSSR count). The molecule has 21 heavy (non-hydrogen) atoms. The highest BCUT2D eigenvalue weighted by Crippen LogP contribution is 2.08. The zero-order valence-corrected chi connectivity index (χ0v) is 12.7. The van der Waals surface area contributed by atoms with Crippen molar-refractivity contribution in [2.45, 2.75) is 57.8 Å². The van der Waals surface area contributed by atoms with Gasteiger partial charge in [-0.15, -0.1) is 0 Å². The maximum Gasteiger partial charge on any atom is 0.305 e. The van der Waals surface area contributed by atoms with Crippen LogP contribution in [0.1, 0.15) is 57.8 Å². The van der Waals surface area contributed by atoms with Crippen molar-refractivity contribution in [3.05, 3.63) is 0 Å². The Kier molecular flexibility index (Phi) is 14.4. The Balaban J connectivity index is 3.24. The van der Waals surface area contributed by atoms with Crippen LogP contribution in [0.15, 0.2) is 0 Å². The number of rotatable bonds is 14. The first-order chi connectivity index (χ1) is 10.2. The maximum atomic E-state index is 11.2. The largest absolute Gasteiger partial charge is 0.466 e. The van der Waals surface area contributed by atoms with Crippen LogP contribution in [0.25, 0.3) is 0 Å². The highest BCUT2D eigenvalue weighted by molar-refractivity contribution is 5.69. The zero-order valence-electron chi connectivity index (χ0n) is 12.7. The molecule has 0 saturated carbocycles. The Morgan fingerprint density at radius 2 is 1.00 bits per heavy atom. The molecule has 0 atom stereocenters. The summed E-state index contributed by atoms with van der Waals surface area (Å²) in [6.45, 7) is 0.646. The summed E-state index contributed by atoms with van der Waals surface area (Å²) in [4.78, 5) is 22.5. The molecule has 0 aliphatic heterocycles. The van der Waals surface area contributed by atoms with Crippen molar-refractivity contribution >= 4 is 11.9 Å². The fourth-order valence-corrected chi connectivity index (χ4v) is 1.71. The summed E-state index contributed by atoms with van der Waals surface area (Å²) in [6.07, 6.45) is 6.23. The van der Waals surface area contributed by atoms with Crippen molar-refractivity contribution in [3.8, 4) is 0 Å². The molecular weight excluding hydrogens is 276 g/mol. The van der Waals surface area contributed by atoms with Gasteiger partial charge in [0, 0.05) is 38.9 Å². The van der Waals surface area contributed by atoms with Crippen LogP contribution in [0.4, 0.5) is 0 Å². The standard InChI is InChI=1S/C15H28O6/c16-10-6-12-20-14(18)8-4-2-1-3-5-9-15(19)21-13-7-11-17/h16-17H,1-13H2. The number of esters is 2. The lowest BCUT2D eigenvalue weighted by molar-refractivity contribution is -0.144. The quantitative estimate of drug-likeness (QED) is 0.374. The summed E-state index contributed by atoms with van der Waals surface area (Å²) in [5.74, 6) is -0.424. The van der Waals surface area contributed by atoms with E-state index in [-0.39, 0.29) is 38.4 Å². The Morgan fingerprint density at radius 1 is 0.619 bits per heavy atom. The van der Waals surface area contributed by atoms with Crippen LogP contribution < -0.4 is 0 Å². The highest BCUT2D eigenvalue weighted by Gasteiger charge is 2.04. The molecule has 6 nitrogen and oxygen atoms in total. The molecule has 0 unspecified atom stereocenters. The number of hydrogen-bond donors (Lipinski definition) is 2. The molecule has 0 fully saturated rings. The van der Waals surface area contributed by atoms with Gasteiger partial charge in [-0.2, -0.15) is 0 Å². The molecule has 6 heteroatoms. The lowest BCUT2D eigenvalue weighted by Crippen LogP contribution is -2.07. The van der Waals surface area contributed by atoms with E-state index in [1.54, 1.807) is 0 Å². The molecule has 0 aromatic rings. The minimum atomic E-state index is -0.212. The van der Waals surface area contributed by atoms with Gasteiger partial charge in [0.15, 0.2) is 0 Å². The summed E-state index contributed by atoms with van der Waals surface area (Å²) >= 11 is 0. The van der Waals surface area contributed by atoms with Gasteiger partial charge in [-0.1, -0.05) is 19.3 Å². The van der Waals surface area contributed by atoms with Gasteiger partial charge in [0.1, 0.15) is 0 Å². The van der Waals surface area contributed by atoms with Gasteiger partial charge >= 0.3 is 11.9 Å². The molecule has 0 aromatic heterocycles. The summed E-state index contributed by atoms with van der Waals surface area (Å²) in [5, 5.41) is 17.1. The molecule has 0 heterocycles. The zero-order chi connectivity index (χ0) is 15.8. The molecule has 0 aliphatic carbocycles. The first-order valence-electron chi connectivity index (χ1n) is 7.73. The van der Waals surface area contributed by atoms with E-state index >= 15 is 0 Å². The van der Waals surface area contributed by atoms with E-state index in [0.29, 0.717) is 25.7 Å². The lowest BCUT2D eigenvalue weighted by Gasteiger charge is -2.04. The van der Waals surface area contributed by atoms with Gasteiger partial charge in [0.25, 0.3) is 0 Å². The number of carbonyl (C=O) groups is 2. The third kappa shape index (κ3) is 15.1. The first-order valence-corrected chi connectivity index (χ1v) is 7.73. The van der Waals surface area contributed by atoms with Crippen molar-refractivity contribution in [3.63, 3.8) is 0 Å². The molecule has 0 radical (unpaired) electrons. The summed E-state index contributed by atoms with van der Waals surface area (Å²) in [6, 6.07) is 0. The number of ether oxygens (including phenoxy) is 2. The minimum absolute atomic E-state index is 0.0374. The fourth-order valence-electron chi connectivity index (χ4n) is 1.71. The lowest BCUT2D eigenvalue weighted by atomic mass is 10.1. The van der Waals surface area contributed by atoms with Crippen molar-refractivity contribution < 1.29 is 29.3 Å². The van der Waals surface area contributed by atoms with Crippen LogP contribution >= 0.6 is 0 Å². The smallest absolute Gasteiger partial charge is 0.305 e. The number of carbonyl (C=O) groups excluding carboxylic acids is 2. The molecule has 124 valence electrons. The second kappa shape index (κ2) is 15.3. The van der Waals surface area contributed by atoms with Crippen molar-refractivity contribution in [1.29, 1.82) is 0 Å². The van der Waals surface area contributed by atoms with Crippen LogP contribution in [-0.4, -0.2) is 48.6 Å². The van der Waals surface area contributed by atoms with E-state index in [1.807, 2.05) is 0 Å². The van der Waals surface area contributed by atoms with Crippen molar-refractivity contribution in [2.75, 3.05) is 26.4 Å². The predicted molar refractivity (Wildman–Crippen MR) is 77.6 cm³/mol. The van der Waals surface area contributed by atoms with Gasteiger partial charge in [0.05, 0.1) is 13.2 Å². The van der Waals surface area contributed by atoms with Crippen LogP contribution in [-0.2, 0) is 19.1 Å². The normalized spacial score (nSPS) is 10.4. The molecule has 0 aliphatic rings. The van der Waals surface area contributed by atoms with E-state index in [0.717, 1.165) is 32.1 Å². The number of aliphatic hydroxyl groups is 2. The monoisotopic (exact) mass is 304 g/mol. The van der Waals surface area contributed by atoms with E-state index in [2.05, 4.69) is 0 Å². The van der Waals surface area contributed by atoms with Crippen LogP contribution in [0.5, 0.6) is 0 Å². The average Bonchev–Trinajstić information content (AvgIpc) is 2.47. The first kappa shape index (κ1) is 19.9. The molecule has 0 bridgehead atoms. The highest BCUT2D eigenvalue weighted by atomic mass is 16.5. The van der Waals surface area contributed by atoms with E-state index in [9.17, 15) is 9.59 Å². The Morgan fingerprint density at radius 3 is 1.38 bits per heavy atom. The molecule has 2 N–H and O–H groups in total. The van der Waals surface area contributed by atoms with Crippen molar-refractivity contribution in [1.82, 2.24) is 0 Å². The number of hydrogen-bond acceptors (Lipinski definition) is 6. The van der Waals surface area contributed by atoms with Gasteiger partial charge in [-0.3, -0.25) is 9.59 Å². The Hall–Kier alpha value is -1.14. The molecule has 0 amide bonds. The number of aliphatic hydroxyl groups excluding tert-OH is 2. The maximum absolute atomic E-state index is 11.2. The van der Waals surface area contributed by atoms with Crippen LogP contribution in [0.3, 0.4) is 0 Å². The molecular formula is C15H28O6. The van der Waals surface area contributed by atoms with Gasteiger partial charge < -0.3 is 19.7 Å². The SMILES string of the molecule is O=C(CCCCCCCC(=O)OCCCO)OCCCO. The van der Waals surface area contributed by atoms with Crippen molar-refractivity contribution in [2.24, 2.45) is 0 Å². The predicted octanol–water partition coefficient (Wildman–Crippen LogP) is 1.57. The summed E-state index contributed by atoms with van der Waals surface area (Å²) in [7, 11) is 0. The summed E-state index contributed by atoms with van der Waals surface area (Å²) < 4.78 is 9.82. The van der Waals surface area contributed by atoms with Gasteiger partial charge in [0.2, 0.25) is 0 Å². The van der Waals surface area contributed by atoms with Crippen LogP contribution in [0.2, 0.25) is 0 Å². The second-order valence-electron chi connectivity index (χ2n) is 4.86.